The van der Waals surface area contributed by atoms with Gasteiger partial charge in [-0.2, -0.15) is 0 Å². The van der Waals surface area contributed by atoms with Crippen LogP contribution in [0.15, 0.2) is 60.8 Å². The Bertz CT molecular complexity index is 1300. The first kappa shape index (κ1) is 58.6. The largest absolute Gasteiger partial charge is 0.463 e. The summed E-state index contributed by atoms with van der Waals surface area (Å²) in [6.07, 6.45) is 56.3. The lowest BCUT2D eigenvalue weighted by Crippen LogP contribution is -2.36. The number of carbonyl (C=O) groups is 2. The number of likely N-dealkylation sites (tertiary alicyclic amines) is 1. The number of nitrogens with zero attached hydrogens (tertiary/aromatic N) is 1. The van der Waals surface area contributed by atoms with Gasteiger partial charge in [0.15, 0.2) is 0 Å². The van der Waals surface area contributed by atoms with Crippen LogP contribution in [-0.4, -0.2) is 75.6 Å². The van der Waals surface area contributed by atoms with Crippen LogP contribution in [-0.2, 0) is 28.5 Å². The minimum absolute atomic E-state index is 0.0882. The van der Waals surface area contributed by atoms with Crippen molar-refractivity contribution >= 4 is 11.9 Å². The average Bonchev–Trinajstić information content (AvgIpc) is 3.86. The van der Waals surface area contributed by atoms with Crippen LogP contribution >= 0.6 is 0 Å². The maximum Gasteiger partial charge on any atom is 0.313 e. The van der Waals surface area contributed by atoms with Gasteiger partial charge in [-0.05, 0) is 136 Å². The molecule has 1 heterocycles. The molecule has 0 aromatic rings. The molecule has 5 unspecified atom stereocenters. The number of rotatable bonds is 42. The van der Waals surface area contributed by atoms with Crippen LogP contribution in [0.1, 0.15) is 220 Å². The molecule has 65 heavy (non-hydrogen) atoms. The molecule has 1 aliphatic heterocycles. The lowest BCUT2D eigenvalue weighted by molar-refractivity contribution is -0.162. The Hall–Kier alpha value is -2.48. The van der Waals surface area contributed by atoms with E-state index in [2.05, 4.69) is 93.5 Å². The zero-order chi connectivity index (χ0) is 46.9. The molecule has 7 nitrogen and oxygen atoms in total. The zero-order valence-electron chi connectivity index (χ0n) is 42.9. The fourth-order valence-electron chi connectivity index (χ4n) is 9.26. The number of carbonyl (C=O) groups excluding carboxylic acids is 2. The predicted molar refractivity (Wildman–Crippen MR) is 275 cm³/mol. The van der Waals surface area contributed by atoms with Crippen molar-refractivity contribution in [3.8, 4) is 0 Å². The summed E-state index contributed by atoms with van der Waals surface area (Å²) in [6, 6.07) is 0. The van der Waals surface area contributed by atoms with E-state index in [1.165, 1.54) is 122 Å². The van der Waals surface area contributed by atoms with Crippen LogP contribution in [0.25, 0.3) is 0 Å². The number of hydrogen-bond acceptors (Lipinski definition) is 7. The van der Waals surface area contributed by atoms with Crippen molar-refractivity contribution in [1.29, 1.82) is 0 Å². The van der Waals surface area contributed by atoms with Crippen LogP contribution in [0.5, 0.6) is 0 Å². The van der Waals surface area contributed by atoms with E-state index < -0.39 is 5.41 Å². The van der Waals surface area contributed by atoms with Crippen LogP contribution < -0.4 is 0 Å². The molecule has 0 radical (unpaired) electrons. The number of hydrogen-bond donors (Lipinski definition) is 0. The molecule has 0 bridgehead atoms. The van der Waals surface area contributed by atoms with Gasteiger partial charge in [-0.25, -0.2) is 0 Å². The molecule has 1 saturated carbocycles. The lowest BCUT2D eigenvalue weighted by atomic mass is 9.87. The first-order chi connectivity index (χ1) is 31.8. The second-order valence-electron chi connectivity index (χ2n) is 19.7. The van der Waals surface area contributed by atoms with E-state index in [9.17, 15) is 9.59 Å². The summed E-state index contributed by atoms with van der Waals surface area (Å²) >= 11 is 0. The van der Waals surface area contributed by atoms with Gasteiger partial charge in [-0.15, -0.1) is 0 Å². The Morgan fingerprint density at radius 2 is 1.17 bits per heavy atom. The normalized spacial score (nSPS) is 21.1. The molecular formula is C58H101NO6. The van der Waals surface area contributed by atoms with Crippen LogP contribution in [0.4, 0.5) is 0 Å². The van der Waals surface area contributed by atoms with E-state index in [1.807, 2.05) is 6.92 Å². The van der Waals surface area contributed by atoms with Crippen molar-refractivity contribution in [2.24, 2.45) is 17.3 Å². The SMILES string of the molecule is CC/C=C\CC1C(CC(=O)OCC(COCCCCCCCC/C=C\C/C=C\CCCCC)OCCCCCCCC/C=C\C/C=C\CCCCC)CCC1OC(=O)C1(C)CCN(C)C1. The molecule has 0 aromatic carbocycles. The lowest BCUT2D eigenvalue weighted by Gasteiger charge is -2.28. The van der Waals surface area contributed by atoms with Gasteiger partial charge in [0.25, 0.3) is 0 Å². The highest BCUT2D eigenvalue weighted by Crippen LogP contribution is 2.41. The predicted octanol–water partition coefficient (Wildman–Crippen LogP) is 15.6. The van der Waals surface area contributed by atoms with E-state index in [4.69, 9.17) is 18.9 Å². The van der Waals surface area contributed by atoms with Crippen molar-refractivity contribution in [2.75, 3.05) is 46.6 Å². The highest BCUT2D eigenvalue weighted by Gasteiger charge is 2.45. The molecule has 5 atom stereocenters. The average molecular weight is 908 g/mol. The maximum atomic E-state index is 13.4. The van der Waals surface area contributed by atoms with Crippen LogP contribution in [0.3, 0.4) is 0 Å². The highest BCUT2D eigenvalue weighted by molar-refractivity contribution is 5.77. The maximum absolute atomic E-state index is 13.4. The van der Waals surface area contributed by atoms with Gasteiger partial charge < -0.3 is 23.8 Å². The summed E-state index contributed by atoms with van der Waals surface area (Å²) in [7, 11) is 2.06. The van der Waals surface area contributed by atoms with Crippen molar-refractivity contribution in [2.45, 2.75) is 233 Å². The molecule has 0 amide bonds. The summed E-state index contributed by atoms with van der Waals surface area (Å²) in [5.41, 5.74) is -0.461. The third kappa shape index (κ3) is 30.5. The molecule has 2 fully saturated rings. The topological polar surface area (TPSA) is 74.3 Å². The Kier molecular flexibility index (Phi) is 36.6. The van der Waals surface area contributed by atoms with Gasteiger partial charge >= 0.3 is 11.9 Å². The molecule has 374 valence electrons. The number of allylic oxidation sites excluding steroid dienone is 10. The summed E-state index contributed by atoms with van der Waals surface area (Å²) in [5.74, 6) is -0.0398. The monoisotopic (exact) mass is 908 g/mol. The van der Waals surface area contributed by atoms with Crippen molar-refractivity contribution in [3.63, 3.8) is 0 Å². The van der Waals surface area contributed by atoms with Crippen LogP contribution in [0, 0.1) is 17.3 Å². The zero-order valence-corrected chi connectivity index (χ0v) is 42.9. The minimum Gasteiger partial charge on any atom is -0.463 e. The van der Waals surface area contributed by atoms with Gasteiger partial charge in [-0.3, -0.25) is 9.59 Å². The molecular weight excluding hydrogens is 807 g/mol. The standard InChI is InChI=1S/C58H101NO6/c1-6-9-12-14-16-18-20-22-24-26-28-30-32-34-36-39-46-62-49-53(63-47-40-37-35-33-31-29-27-25-23-21-19-17-15-13-10-7-2)50-64-56(60)48-52-42-43-55(54(52)41-38-11-8-3)65-57(61)58(4)44-45-59(5)51-58/h11,16-19,22-25,38,52-55H,6-10,12-15,20-21,26-37,39-51H2,1-5H3/b18-16-,19-17-,24-22-,25-23-,38-11-. The second kappa shape index (κ2) is 40.6. The van der Waals surface area contributed by atoms with Crippen molar-refractivity contribution < 1.29 is 28.5 Å². The number of esters is 2. The summed E-state index contributed by atoms with van der Waals surface area (Å²) in [5, 5.41) is 0. The first-order valence-corrected chi connectivity index (χ1v) is 27.3. The molecule has 2 aliphatic rings. The van der Waals surface area contributed by atoms with E-state index in [1.54, 1.807) is 0 Å². The third-order valence-corrected chi connectivity index (χ3v) is 13.5. The Morgan fingerprint density at radius 3 is 1.71 bits per heavy atom. The van der Waals surface area contributed by atoms with Gasteiger partial charge in [0.05, 0.1) is 12.0 Å². The molecule has 2 rings (SSSR count). The van der Waals surface area contributed by atoms with Crippen molar-refractivity contribution in [3.05, 3.63) is 60.8 Å². The molecule has 1 saturated heterocycles. The molecule has 7 heteroatoms. The summed E-state index contributed by atoms with van der Waals surface area (Å²) < 4.78 is 24.7. The van der Waals surface area contributed by atoms with E-state index in [-0.39, 0.29) is 42.6 Å². The Morgan fingerprint density at radius 1 is 0.631 bits per heavy atom. The summed E-state index contributed by atoms with van der Waals surface area (Å²) in [4.78, 5) is 29.0. The third-order valence-electron chi connectivity index (χ3n) is 13.5. The number of unbranched alkanes of at least 4 members (excludes halogenated alkanes) is 18. The van der Waals surface area contributed by atoms with Crippen molar-refractivity contribution in [1.82, 2.24) is 4.90 Å². The molecule has 0 N–H and O–H groups in total. The minimum atomic E-state index is -0.461. The first-order valence-electron chi connectivity index (χ1n) is 27.3. The molecule has 0 aromatic heterocycles. The van der Waals surface area contributed by atoms with E-state index >= 15 is 0 Å². The number of ether oxygens (including phenoxy) is 4. The van der Waals surface area contributed by atoms with Crippen LogP contribution in [0.2, 0.25) is 0 Å². The fourth-order valence-corrected chi connectivity index (χ4v) is 9.26. The van der Waals surface area contributed by atoms with Gasteiger partial charge in [0, 0.05) is 32.1 Å². The second-order valence-corrected chi connectivity index (χ2v) is 19.7. The van der Waals surface area contributed by atoms with E-state index in [0.29, 0.717) is 26.2 Å². The van der Waals surface area contributed by atoms with Gasteiger partial charge in [-0.1, -0.05) is 159 Å². The van der Waals surface area contributed by atoms with Gasteiger partial charge in [0.2, 0.25) is 0 Å². The Balaban J connectivity index is 1.74. The quantitative estimate of drug-likeness (QED) is 0.0343. The highest BCUT2D eigenvalue weighted by atomic mass is 16.6. The summed E-state index contributed by atoms with van der Waals surface area (Å²) in [6.45, 7) is 12.3. The molecule has 0 spiro atoms. The molecule has 1 aliphatic carbocycles. The fraction of sp³-hybridized carbons (Fsp3) is 0.793. The van der Waals surface area contributed by atoms with E-state index in [0.717, 1.165) is 77.3 Å². The van der Waals surface area contributed by atoms with Gasteiger partial charge in [0.1, 0.15) is 18.8 Å². The smallest absolute Gasteiger partial charge is 0.313 e. The Labute approximate surface area is 401 Å².